The van der Waals surface area contributed by atoms with Crippen LogP contribution in [0.5, 0.6) is 0 Å². The van der Waals surface area contributed by atoms with E-state index in [0.29, 0.717) is 0 Å². The topological polar surface area (TPSA) is 37.3 Å². The van der Waals surface area contributed by atoms with Crippen LogP contribution in [-0.2, 0) is 5.75 Å². The van der Waals surface area contributed by atoms with Gasteiger partial charge in [-0.25, -0.2) is 9.18 Å². The molecule has 0 amide bonds. The molecule has 0 saturated heterocycles. The first-order valence-electron chi connectivity index (χ1n) is 3.38. The maximum absolute atomic E-state index is 13.1. The van der Waals surface area contributed by atoms with E-state index in [1.807, 2.05) is 0 Å². The highest BCUT2D eigenvalue weighted by Crippen LogP contribution is 2.23. The predicted octanol–water partition coefficient (Wildman–Crippen LogP) is 2.61. The molecular weight excluding hydrogens is 215 g/mol. The lowest BCUT2D eigenvalue weighted by molar-refractivity contribution is 0.0696. The van der Waals surface area contributed by atoms with E-state index in [4.69, 9.17) is 16.7 Å². The van der Waals surface area contributed by atoms with Gasteiger partial charge in [-0.05, 0) is 12.1 Å². The van der Waals surface area contributed by atoms with E-state index in [0.717, 1.165) is 6.07 Å². The zero-order chi connectivity index (χ0) is 10.0. The van der Waals surface area contributed by atoms with Crippen molar-refractivity contribution in [1.29, 1.82) is 0 Å². The molecule has 2 nitrogen and oxygen atoms in total. The number of hydrogen-bond donors (Lipinski definition) is 2. The van der Waals surface area contributed by atoms with Gasteiger partial charge in [-0.1, -0.05) is 11.6 Å². The number of aromatic carboxylic acids is 1. The summed E-state index contributed by atoms with van der Waals surface area (Å²) in [7, 11) is 0. The van der Waals surface area contributed by atoms with Gasteiger partial charge in [-0.15, -0.1) is 0 Å². The van der Waals surface area contributed by atoms with Crippen LogP contribution in [0.1, 0.15) is 15.9 Å². The second-order valence-corrected chi connectivity index (χ2v) is 3.11. The average Bonchev–Trinajstić information content (AvgIpc) is 2.03. The number of hydrogen-bond acceptors (Lipinski definition) is 2. The Morgan fingerprint density at radius 3 is 2.62 bits per heavy atom. The van der Waals surface area contributed by atoms with E-state index in [1.165, 1.54) is 6.07 Å². The maximum Gasteiger partial charge on any atom is 0.335 e. The van der Waals surface area contributed by atoms with Gasteiger partial charge in [0.05, 0.1) is 5.56 Å². The molecule has 0 spiro atoms. The van der Waals surface area contributed by atoms with Gasteiger partial charge in [0.1, 0.15) is 5.82 Å². The number of rotatable bonds is 2. The molecule has 1 N–H and O–H groups in total. The molecule has 0 bridgehead atoms. The standard InChI is InChI=1S/C8H6ClFO2S/c9-6-1-4(8(11)12)2-7(10)5(6)3-13/h1-2,13H,3H2,(H,11,12). The van der Waals surface area contributed by atoms with Crippen molar-refractivity contribution >= 4 is 30.2 Å². The molecule has 5 heteroatoms. The van der Waals surface area contributed by atoms with E-state index in [1.54, 1.807) is 0 Å². The van der Waals surface area contributed by atoms with E-state index in [-0.39, 0.29) is 21.9 Å². The highest BCUT2D eigenvalue weighted by Gasteiger charge is 2.11. The van der Waals surface area contributed by atoms with Crippen LogP contribution in [0.15, 0.2) is 12.1 Å². The lowest BCUT2D eigenvalue weighted by atomic mass is 10.1. The Kier molecular flexibility index (Phi) is 3.17. The second-order valence-electron chi connectivity index (χ2n) is 2.38. The van der Waals surface area contributed by atoms with Crippen LogP contribution in [0.2, 0.25) is 5.02 Å². The molecule has 1 aromatic carbocycles. The Balaban J connectivity index is 3.28. The van der Waals surface area contributed by atoms with Crippen molar-refractivity contribution in [1.82, 2.24) is 0 Å². The summed E-state index contributed by atoms with van der Waals surface area (Å²) < 4.78 is 13.1. The molecule has 0 heterocycles. The van der Waals surface area contributed by atoms with Gasteiger partial charge in [0.2, 0.25) is 0 Å². The maximum atomic E-state index is 13.1. The molecule has 0 fully saturated rings. The van der Waals surface area contributed by atoms with Crippen molar-refractivity contribution < 1.29 is 14.3 Å². The fourth-order valence-electron chi connectivity index (χ4n) is 0.878. The summed E-state index contributed by atoms with van der Waals surface area (Å²) >= 11 is 9.49. The molecule has 0 aromatic heterocycles. The fourth-order valence-corrected chi connectivity index (χ4v) is 1.57. The third-order valence-electron chi connectivity index (χ3n) is 1.55. The normalized spacial score (nSPS) is 10.1. The lowest BCUT2D eigenvalue weighted by Crippen LogP contribution is -1.99. The van der Waals surface area contributed by atoms with Gasteiger partial charge in [-0.2, -0.15) is 12.6 Å². The van der Waals surface area contributed by atoms with Crippen molar-refractivity contribution in [3.8, 4) is 0 Å². The van der Waals surface area contributed by atoms with Crippen LogP contribution in [0.3, 0.4) is 0 Å². The first kappa shape index (κ1) is 10.3. The average molecular weight is 221 g/mol. The molecule has 1 rings (SSSR count). The summed E-state index contributed by atoms with van der Waals surface area (Å²) in [6, 6.07) is 2.14. The number of carboxylic acids is 1. The summed E-state index contributed by atoms with van der Waals surface area (Å²) in [5.41, 5.74) is 0.0584. The Morgan fingerprint density at radius 2 is 2.23 bits per heavy atom. The van der Waals surface area contributed by atoms with Gasteiger partial charge in [0.15, 0.2) is 0 Å². The molecule has 0 unspecified atom stereocenters. The van der Waals surface area contributed by atoms with Crippen LogP contribution in [0, 0.1) is 5.82 Å². The highest BCUT2D eigenvalue weighted by atomic mass is 35.5. The van der Waals surface area contributed by atoms with E-state index in [2.05, 4.69) is 12.6 Å². The van der Waals surface area contributed by atoms with E-state index in [9.17, 15) is 9.18 Å². The van der Waals surface area contributed by atoms with Crippen LogP contribution < -0.4 is 0 Å². The van der Waals surface area contributed by atoms with Crippen LogP contribution in [0.4, 0.5) is 4.39 Å². The van der Waals surface area contributed by atoms with E-state index < -0.39 is 11.8 Å². The first-order chi connectivity index (χ1) is 6.06. The zero-order valence-electron chi connectivity index (χ0n) is 6.42. The van der Waals surface area contributed by atoms with Gasteiger partial charge >= 0.3 is 5.97 Å². The summed E-state index contributed by atoms with van der Waals surface area (Å²) in [5, 5.41) is 8.64. The predicted molar refractivity (Wildman–Crippen MR) is 51.1 cm³/mol. The molecule has 0 atom stereocenters. The molecule has 0 aliphatic rings. The third kappa shape index (κ3) is 2.14. The van der Waals surface area contributed by atoms with E-state index >= 15 is 0 Å². The summed E-state index contributed by atoms with van der Waals surface area (Å²) in [5.74, 6) is -1.70. The summed E-state index contributed by atoms with van der Waals surface area (Å²) in [6.45, 7) is 0. The molecule has 13 heavy (non-hydrogen) atoms. The number of thiol groups is 1. The molecule has 1 aromatic rings. The number of benzene rings is 1. The minimum atomic E-state index is -1.20. The van der Waals surface area contributed by atoms with Crippen molar-refractivity contribution in [2.24, 2.45) is 0 Å². The molecular formula is C8H6ClFO2S. The van der Waals surface area contributed by atoms with Crippen molar-refractivity contribution in [3.63, 3.8) is 0 Å². The van der Waals surface area contributed by atoms with Gasteiger partial charge in [0.25, 0.3) is 0 Å². The van der Waals surface area contributed by atoms with Gasteiger partial charge < -0.3 is 5.11 Å². The van der Waals surface area contributed by atoms with Crippen molar-refractivity contribution in [3.05, 3.63) is 34.1 Å². The van der Waals surface area contributed by atoms with Crippen LogP contribution in [-0.4, -0.2) is 11.1 Å². The Hall–Kier alpha value is -0.740. The summed E-state index contributed by atoms with van der Waals surface area (Å²) in [6.07, 6.45) is 0. The molecule has 0 saturated carbocycles. The Morgan fingerprint density at radius 1 is 1.62 bits per heavy atom. The number of halogens is 2. The quantitative estimate of drug-likeness (QED) is 0.752. The van der Waals surface area contributed by atoms with Crippen molar-refractivity contribution in [2.75, 3.05) is 0 Å². The SMILES string of the molecule is O=C(O)c1cc(F)c(CS)c(Cl)c1. The minimum absolute atomic E-state index is 0.0902. The fraction of sp³-hybridized carbons (Fsp3) is 0.125. The van der Waals surface area contributed by atoms with Crippen molar-refractivity contribution in [2.45, 2.75) is 5.75 Å². The largest absolute Gasteiger partial charge is 0.478 e. The second kappa shape index (κ2) is 3.98. The van der Waals surface area contributed by atoms with Gasteiger partial charge in [0, 0.05) is 16.3 Å². The summed E-state index contributed by atoms with van der Waals surface area (Å²) in [4.78, 5) is 10.5. The minimum Gasteiger partial charge on any atom is -0.478 e. The monoisotopic (exact) mass is 220 g/mol. The highest BCUT2D eigenvalue weighted by molar-refractivity contribution is 7.79. The Labute approximate surface area is 84.7 Å². The lowest BCUT2D eigenvalue weighted by Gasteiger charge is -2.03. The van der Waals surface area contributed by atoms with Gasteiger partial charge in [-0.3, -0.25) is 0 Å². The molecule has 0 aliphatic carbocycles. The Bertz CT molecular complexity index is 331. The zero-order valence-corrected chi connectivity index (χ0v) is 8.07. The number of carboxylic acid groups (broad SMARTS) is 1. The van der Waals surface area contributed by atoms with Crippen LogP contribution >= 0.6 is 24.2 Å². The molecule has 0 radical (unpaired) electrons. The smallest absolute Gasteiger partial charge is 0.335 e. The number of carbonyl (C=O) groups is 1. The molecule has 70 valence electrons. The third-order valence-corrected chi connectivity index (χ3v) is 2.20. The first-order valence-corrected chi connectivity index (χ1v) is 4.39. The van der Waals surface area contributed by atoms with Crippen LogP contribution in [0.25, 0.3) is 0 Å². The molecule has 0 aliphatic heterocycles.